The van der Waals surface area contributed by atoms with Gasteiger partial charge in [0.2, 0.25) is 0 Å². The van der Waals surface area contributed by atoms with Gasteiger partial charge in [0.05, 0.1) is 25.6 Å². The van der Waals surface area contributed by atoms with E-state index in [4.69, 9.17) is 9.47 Å². The summed E-state index contributed by atoms with van der Waals surface area (Å²) in [7, 11) is 1.45. The van der Waals surface area contributed by atoms with Crippen molar-refractivity contribution in [2.45, 2.75) is 18.9 Å². The van der Waals surface area contributed by atoms with Gasteiger partial charge in [0.1, 0.15) is 5.76 Å². The Morgan fingerprint density at radius 1 is 1.53 bits per heavy atom. The Balaban J connectivity index is 2.17. The molecule has 0 spiro atoms. The zero-order chi connectivity index (χ0) is 13.6. The molecule has 5 heteroatoms. The molecule has 1 heterocycles. The Morgan fingerprint density at radius 3 is 3.00 bits per heavy atom. The molecule has 0 saturated carbocycles. The third kappa shape index (κ3) is 1.51. The predicted octanol–water partition coefficient (Wildman–Crippen LogP) is 0.586. The first kappa shape index (κ1) is 12.4. The van der Waals surface area contributed by atoms with Gasteiger partial charge in [-0.05, 0) is 12.3 Å². The summed E-state index contributed by atoms with van der Waals surface area (Å²) < 4.78 is 10.6. The number of rotatable bonds is 2. The smallest absolute Gasteiger partial charge is 0.307 e. The van der Waals surface area contributed by atoms with E-state index < -0.39 is 11.5 Å². The normalized spacial score (nSPS) is 40.3. The lowest BCUT2D eigenvalue weighted by Crippen LogP contribution is -2.60. The molecule has 0 unspecified atom stereocenters. The van der Waals surface area contributed by atoms with E-state index >= 15 is 0 Å². The molecule has 0 radical (unpaired) electrons. The highest BCUT2D eigenvalue weighted by molar-refractivity contribution is 5.95. The lowest BCUT2D eigenvalue weighted by atomic mass is 9.54. The molecule has 1 saturated heterocycles. The van der Waals surface area contributed by atoms with Gasteiger partial charge in [-0.1, -0.05) is 12.2 Å². The fourth-order valence-electron chi connectivity index (χ4n) is 3.64. The first-order valence-electron chi connectivity index (χ1n) is 6.40. The number of aliphatic hydroxyl groups excluding tert-OH is 1. The maximum Gasteiger partial charge on any atom is 0.307 e. The highest BCUT2D eigenvalue weighted by Crippen LogP contribution is 2.54. The van der Waals surface area contributed by atoms with Crippen molar-refractivity contribution >= 4 is 11.8 Å². The van der Waals surface area contributed by atoms with E-state index in [9.17, 15) is 14.7 Å². The number of esters is 1. The molecule has 0 aromatic rings. The van der Waals surface area contributed by atoms with Gasteiger partial charge in [0.15, 0.2) is 11.9 Å². The fraction of sp³-hybridized carbons (Fsp3) is 0.571. The second-order valence-electron chi connectivity index (χ2n) is 5.32. The molecule has 1 fully saturated rings. The molecule has 5 nitrogen and oxygen atoms in total. The first-order valence-corrected chi connectivity index (χ1v) is 6.40. The van der Waals surface area contributed by atoms with Crippen LogP contribution in [-0.4, -0.2) is 36.7 Å². The molecule has 102 valence electrons. The zero-order valence-corrected chi connectivity index (χ0v) is 10.7. The standard InChI is InChI=1S/C14H16O5/c1-18-11-6-10(16)9-4-2-3-8-5-12(17)19-13(11)14(8,9)7-15/h2-3,6,8-9,13,15H,4-5,7H2,1H3/t8-,9+,13-,14+/m1/s1. The van der Waals surface area contributed by atoms with Gasteiger partial charge in [0.25, 0.3) is 0 Å². The number of carbonyl (C=O) groups is 2. The van der Waals surface area contributed by atoms with Crippen LogP contribution < -0.4 is 0 Å². The molecule has 0 aromatic heterocycles. The van der Waals surface area contributed by atoms with Gasteiger partial charge in [-0.25, -0.2) is 0 Å². The third-order valence-corrected chi connectivity index (χ3v) is 4.60. The summed E-state index contributed by atoms with van der Waals surface area (Å²) in [6.45, 7) is -0.197. The molecule has 2 aliphatic carbocycles. The van der Waals surface area contributed by atoms with Crippen LogP contribution in [0.3, 0.4) is 0 Å². The number of aliphatic hydroxyl groups is 1. The van der Waals surface area contributed by atoms with Crippen LogP contribution in [0.25, 0.3) is 0 Å². The Hall–Kier alpha value is -1.62. The van der Waals surface area contributed by atoms with Crippen LogP contribution in [-0.2, 0) is 19.1 Å². The van der Waals surface area contributed by atoms with Crippen molar-refractivity contribution in [2.24, 2.45) is 17.3 Å². The number of carbonyl (C=O) groups excluding carboxylic acids is 2. The van der Waals surface area contributed by atoms with Gasteiger partial charge in [0, 0.05) is 12.0 Å². The van der Waals surface area contributed by atoms with E-state index in [1.807, 2.05) is 12.2 Å². The van der Waals surface area contributed by atoms with Gasteiger partial charge >= 0.3 is 5.97 Å². The van der Waals surface area contributed by atoms with Crippen molar-refractivity contribution in [3.05, 3.63) is 24.0 Å². The van der Waals surface area contributed by atoms with Crippen LogP contribution in [0.1, 0.15) is 12.8 Å². The van der Waals surface area contributed by atoms with Crippen LogP contribution in [0.4, 0.5) is 0 Å². The molecule has 0 aromatic carbocycles. The summed E-state index contributed by atoms with van der Waals surface area (Å²) >= 11 is 0. The molecule has 0 amide bonds. The second-order valence-corrected chi connectivity index (χ2v) is 5.32. The molecule has 3 rings (SSSR count). The van der Waals surface area contributed by atoms with Crippen LogP contribution >= 0.6 is 0 Å². The predicted molar refractivity (Wildman–Crippen MR) is 64.9 cm³/mol. The molecule has 1 N–H and O–H groups in total. The van der Waals surface area contributed by atoms with Crippen molar-refractivity contribution in [1.29, 1.82) is 0 Å². The van der Waals surface area contributed by atoms with E-state index in [0.29, 0.717) is 12.2 Å². The Bertz CT molecular complexity index is 492. The van der Waals surface area contributed by atoms with Gasteiger partial charge < -0.3 is 14.6 Å². The van der Waals surface area contributed by atoms with Crippen molar-refractivity contribution < 1.29 is 24.2 Å². The molecule has 19 heavy (non-hydrogen) atoms. The minimum Gasteiger partial charge on any atom is -0.497 e. The summed E-state index contributed by atoms with van der Waals surface area (Å²) in [4.78, 5) is 23.9. The van der Waals surface area contributed by atoms with Crippen molar-refractivity contribution in [3.63, 3.8) is 0 Å². The Morgan fingerprint density at radius 2 is 2.32 bits per heavy atom. The van der Waals surface area contributed by atoms with E-state index in [1.54, 1.807) is 0 Å². The zero-order valence-electron chi connectivity index (χ0n) is 10.7. The quantitative estimate of drug-likeness (QED) is 0.583. The molecule has 4 atom stereocenters. The average Bonchev–Trinajstić information content (AvgIpc) is 2.42. The van der Waals surface area contributed by atoms with Crippen molar-refractivity contribution in [3.8, 4) is 0 Å². The van der Waals surface area contributed by atoms with Crippen molar-refractivity contribution in [1.82, 2.24) is 0 Å². The molecule has 1 aliphatic heterocycles. The van der Waals surface area contributed by atoms with Crippen LogP contribution in [0.15, 0.2) is 24.0 Å². The average molecular weight is 264 g/mol. The number of allylic oxidation sites excluding steroid dienone is 3. The minimum absolute atomic E-state index is 0.0607. The summed E-state index contributed by atoms with van der Waals surface area (Å²) in [5.41, 5.74) is -0.764. The van der Waals surface area contributed by atoms with Gasteiger partial charge in [-0.3, -0.25) is 9.59 Å². The molecular weight excluding hydrogens is 248 g/mol. The summed E-state index contributed by atoms with van der Waals surface area (Å²) in [5.74, 6) is -0.561. The summed E-state index contributed by atoms with van der Waals surface area (Å²) in [5, 5.41) is 9.94. The number of ketones is 1. The summed E-state index contributed by atoms with van der Waals surface area (Å²) in [6, 6.07) is 0. The van der Waals surface area contributed by atoms with Crippen LogP contribution in [0, 0.1) is 17.3 Å². The maximum atomic E-state index is 12.2. The monoisotopic (exact) mass is 264 g/mol. The second kappa shape index (κ2) is 4.20. The van der Waals surface area contributed by atoms with E-state index in [0.717, 1.165) is 0 Å². The maximum absolute atomic E-state index is 12.2. The summed E-state index contributed by atoms with van der Waals surface area (Å²) in [6.07, 6.45) is 5.35. The third-order valence-electron chi connectivity index (χ3n) is 4.60. The van der Waals surface area contributed by atoms with E-state index in [2.05, 4.69) is 0 Å². The van der Waals surface area contributed by atoms with Gasteiger partial charge in [-0.2, -0.15) is 0 Å². The van der Waals surface area contributed by atoms with Crippen LogP contribution in [0.5, 0.6) is 0 Å². The van der Waals surface area contributed by atoms with Gasteiger partial charge in [-0.15, -0.1) is 0 Å². The van der Waals surface area contributed by atoms with Crippen molar-refractivity contribution in [2.75, 3.05) is 13.7 Å². The lowest BCUT2D eigenvalue weighted by molar-refractivity contribution is -0.190. The largest absolute Gasteiger partial charge is 0.497 e. The fourth-order valence-corrected chi connectivity index (χ4v) is 3.64. The molecule has 0 bridgehead atoms. The number of hydrogen-bond donors (Lipinski definition) is 1. The number of hydrogen-bond acceptors (Lipinski definition) is 5. The van der Waals surface area contributed by atoms with Crippen LogP contribution in [0.2, 0.25) is 0 Å². The molecule has 3 aliphatic rings. The topological polar surface area (TPSA) is 72.8 Å². The first-order chi connectivity index (χ1) is 9.13. The number of methoxy groups -OCH3 is 1. The number of ether oxygens (including phenoxy) is 2. The van der Waals surface area contributed by atoms with E-state index in [1.165, 1.54) is 13.2 Å². The Kier molecular flexibility index (Phi) is 2.74. The Labute approximate surface area is 110 Å². The molecular formula is C14H16O5. The highest BCUT2D eigenvalue weighted by atomic mass is 16.6. The lowest BCUT2D eigenvalue weighted by Gasteiger charge is -2.53. The SMILES string of the molecule is COC1=CC(=O)[C@@H]2CC=C[C@@H]3CC(=O)O[C@H]1[C@@]32CO. The minimum atomic E-state index is -0.764. The van der Waals surface area contributed by atoms with E-state index in [-0.39, 0.29) is 36.6 Å². The highest BCUT2D eigenvalue weighted by Gasteiger charge is 2.61.